The van der Waals surface area contributed by atoms with Crippen molar-refractivity contribution in [2.75, 3.05) is 25.1 Å². The zero-order chi connectivity index (χ0) is 13.7. The maximum Gasteiger partial charge on any atom is 0.265 e. The summed E-state index contributed by atoms with van der Waals surface area (Å²) in [6.45, 7) is 2.25. The summed E-state index contributed by atoms with van der Waals surface area (Å²) in [6.07, 6.45) is 3.62. The lowest BCUT2D eigenvalue weighted by atomic mass is 10.1. The molecular weight excluding hydrogens is 258 g/mol. The molecule has 2 aliphatic carbocycles. The molecule has 0 saturated heterocycles. The number of nitrogen functional groups attached to an aromatic ring is 1. The second-order valence-electron chi connectivity index (χ2n) is 6.03. The predicted molar refractivity (Wildman–Crippen MR) is 79.9 cm³/mol. The summed E-state index contributed by atoms with van der Waals surface area (Å²) in [6, 6.07) is 0.567. The number of carbonyl (C=O) groups is 1. The van der Waals surface area contributed by atoms with Gasteiger partial charge in [0.25, 0.3) is 5.91 Å². The summed E-state index contributed by atoms with van der Waals surface area (Å²) in [4.78, 5) is 14.5. The third-order valence-electron chi connectivity index (χ3n) is 4.00. The van der Waals surface area contributed by atoms with Crippen molar-refractivity contribution in [2.45, 2.75) is 38.1 Å². The monoisotopic (exact) mass is 279 g/mol. The Labute approximate surface area is 118 Å². The fourth-order valence-electron chi connectivity index (χ4n) is 2.39. The van der Waals surface area contributed by atoms with Crippen molar-refractivity contribution in [3.8, 4) is 0 Å². The minimum Gasteiger partial charge on any atom is -0.397 e. The first-order valence-electron chi connectivity index (χ1n) is 6.89. The quantitative estimate of drug-likeness (QED) is 0.891. The predicted octanol–water partition coefficient (Wildman–Crippen LogP) is 2.73. The van der Waals surface area contributed by atoms with Crippen LogP contribution in [0.4, 0.5) is 10.7 Å². The average molecular weight is 279 g/mol. The molecule has 2 fully saturated rings. The minimum absolute atomic E-state index is 0.0151. The van der Waals surface area contributed by atoms with Crippen LogP contribution in [0.25, 0.3) is 0 Å². The van der Waals surface area contributed by atoms with E-state index in [2.05, 4.69) is 12.2 Å². The number of rotatable bonds is 4. The van der Waals surface area contributed by atoms with Crippen LogP contribution in [-0.4, -0.2) is 30.9 Å². The van der Waals surface area contributed by atoms with Crippen molar-refractivity contribution >= 4 is 27.9 Å². The Kier molecular flexibility index (Phi) is 2.96. The SMILES string of the molecule is CC1CC1Nc1sc(C(=O)N(C)C)c(N)c1C1CC1. The average Bonchev–Trinajstić information content (AvgIpc) is 3.25. The summed E-state index contributed by atoms with van der Waals surface area (Å²) in [5.74, 6) is 1.32. The van der Waals surface area contributed by atoms with Crippen molar-refractivity contribution in [3.05, 3.63) is 10.4 Å². The second-order valence-corrected chi connectivity index (χ2v) is 7.05. The molecule has 4 nitrogen and oxygen atoms in total. The molecule has 1 aromatic rings. The number of nitrogens with two attached hydrogens (primary N) is 1. The highest BCUT2D eigenvalue weighted by molar-refractivity contribution is 7.18. The molecule has 0 aliphatic heterocycles. The molecule has 2 aliphatic rings. The molecule has 0 spiro atoms. The molecule has 5 heteroatoms. The molecule has 3 rings (SSSR count). The maximum atomic E-state index is 12.2. The van der Waals surface area contributed by atoms with E-state index in [0.717, 1.165) is 10.9 Å². The topological polar surface area (TPSA) is 58.4 Å². The Bertz CT molecular complexity index is 519. The van der Waals surface area contributed by atoms with Crippen molar-refractivity contribution < 1.29 is 4.79 Å². The van der Waals surface area contributed by atoms with Gasteiger partial charge in [-0.15, -0.1) is 11.3 Å². The largest absolute Gasteiger partial charge is 0.397 e. The van der Waals surface area contributed by atoms with Gasteiger partial charge in [-0.2, -0.15) is 0 Å². The summed E-state index contributed by atoms with van der Waals surface area (Å²) >= 11 is 1.53. The zero-order valence-electron chi connectivity index (χ0n) is 11.7. The van der Waals surface area contributed by atoms with Crippen molar-refractivity contribution in [3.63, 3.8) is 0 Å². The van der Waals surface area contributed by atoms with E-state index in [9.17, 15) is 4.79 Å². The van der Waals surface area contributed by atoms with Gasteiger partial charge in [0.15, 0.2) is 0 Å². The Morgan fingerprint density at radius 1 is 1.42 bits per heavy atom. The number of hydrogen-bond donors (Lipinski definition) is 2. The van der Waals surface area contributed by atoms with Crippen LogP contribution in [0.2, 0.25) is 0 Å². The number of anilines is 2. The van der Waals surface area contributed by atoms with Gasteiger partial charge in [0.2, 0.25) is 0 Å². The smallest absolute Gasteiger partial charge is 0.265 e. The van der Waals surface area contributed by atoms with E-state index in [0.29, 0.717) is 22.5 Å². The van der Waals surface area contributed by atoms with Crippen LogP contribution in [-0.2, 0) is 0 Å². The molecule has 1 aromatic heterocycles. The number of nitrogens with zero attached hydrogens (tertiary/aromatic N) is 1. The summed E-state index contributed by atoms with van der Waals surface area (Å²) in [5, 5.41) is 4.72. The van der Waals surface area contributed by atoms with Crippen LogP contribution in [0, 0.1) is 5.92 Å². The molecule has 1 heterocycles. The van der Waals surface area contributed by atoms with Gasteiger partial charge in [-0.1, -0.05) is 6.92 Å². The standard InChI is InChI=1S/C14H21N3OS/c1-7-6-9(7)16-13-10(8-4-5-8)11(15)12(19-13)14(18)17(2)3/h7-9,16H,4-6,15H2,1-3H3. The van der Waals surface area contributed by atoms with Crippen LogP contribution in [0.1, 0.15) is 47.3 Å². The van der Waals surface area contributed by atoms with Crippen LogP contribution in [0.15, 0.2) is 0 Å². The first-order chi connectivity index (χ1) is 8.99. The molecule has 2 saturated carbocycles. The van der Waals surface area contributed by atoms with Crippen LogP contribution in [0.3, 0.4) is 0 Å². The summed E-state index contributed by atoms with van der Waals surface area (Å²) in [7, 11) is 3.54. The zero-order valence-corrected chi connectivity index (χ0v) is 12.5. The number of nitrogens with one attached hydrogen (secondary N) is 1. The Hall–Kier alpha value is -1.23. The number of thiophene rings is 1. The van der Waals surface area contributed by atoms with Crippen molar-refractivity contribution in [1.82, 2.24) is 4.90 Å². The number of hydrogen-bond acceptors (Lipinski definition) is 4. The molecule has 104 valence electrons. The first kappa shape index (κ1) is 12.8. The van der Waals surface area contributed by atoms with Gasteiger partial charge < -0.3 is 16.0 Å². The third-order valence-corrected chi connectivity index (χ3v) is 5.14. The fourth-order valence-corrected chi connectivity index (χ4v) is 3.69. The van der Waals surface area contributed by atoms with E-state index < -0.39 is 0 Å². The minimum atomic E-state index is 0.0151. The summed E-state index contributed by atoms with van der Waals surface area (Å²) in [5.41, 5.74) is 8.15. The molecule has 1 amide bonds. The lowest BCUT2D eigenvalue weighted by Crippen LogP contribution is -2.21. The van der Waals surface area contributed by atoms with Gasteiger partial charge in [0.05, 0.1) is 10.7 Å². The van der Waals surface area contributed by atoms with Gasteiger partial charge in [-0.3, -0.25) is 4.79 Å². The van der Waals surface area contributed by atoms with E-state index in [-0.39, 0.29) is 5.91 Å². The maximum absolute atomic E-state index is 12.2. The highest BCUT2D eigenvalue weighted by Gasteiger charge is 2.37. The Morgan fingerprint density at radius 3 is 2.53 bits per heavy atom. The van der Waals surface area contributed by atoms with Crippen LogP contribution < -0.4 is 11.1 Å². The van der Waals surface area contributed by atoms with E-state index in [1.807, 2.05) is 0 Å². The summed E-state index contributed by atoms with van der Waals surface area (Å²) < 4.78 is 0. The van der Waals surface area contributed by atoms with Crippen molar-refractivity contribution in [2.24, 2.45) is 5.92 Å². The highest BCUT2D eigenvalue weighted by Crippen LogP contribution is 2.52. The third kappa shape index (κ3) is 2.31. The van der Waals surface area contributed by atoms with Gasteiger partial charge in [-0.05, 0) is 31.1 Å². The number of amides is 1. The normalized spacial score (nSPS) is 25.2. The molecule has 19 heavy (non-hydrogen) atoms. The van der Waals surface area contributed by atoms with Gasteiger partial charge >= 0.3 is 0 Å². The second kappa shape index (κ2) is 4.40. The molecular formula is C14H21N3OS. The highest BCUT2D eigenvalue weighted by atomic mass is 32.1. The van der Waals surface area contributed by atoms with E-state index in [1.165, 1.54) is 36.2 Å². The lowest BCUT2D eigenvalue weighted by Gasteiger charge is -2.08. The van der Waals surface area contributed by atoms with E-state index in [1.54, 1.807) is 19.0 Å². The van der Waals surface area contributed by atoms with Crippen molar-refractivity contribution in [1.29, 1.82) is 0 Å². The van der Waals surface area contributed by atoms with E-state index >= 15 is 0 Å². The molecule has 2 unspecified atom stereocenters. The van der Waals surface area contributed by atoms with E-state index in [4.69, 9.17) is 5.73 Å². The number of carbonyl (C=O) groups excluding carboxylic acids is 1. The lowest BCUT2D eigenvalue weighted by molar-refractivity contribution is 0.0833. The van der Waals surface area contributed by atoms with Gasteiger partial charge in [0.1, 0.15) is 4.88 Å². The van der Waals surface area contributed by atoms with Gasteiger partial charge in [0, 0.05) is 25.7 Å². The van der Waals surface area contributed by atoms with Gasteiger partial charge in [-0.25, -0.2) is 0 Å². The first-order valence-corrected chi connectivity index (χ1v) is 7.71. The Balaban J connectivity index is 1.93. The van der Waals surface area contributed by atoms with Crippen LogP contribution in [0.5, 0.6) is 0 Å². The Morgan fingerprint density at radius 2 is 2.05 bits per heavy atom. The molecule has 0 radical (unpaired) electrons. The fraction of sp³-hybridized carbons (Fsp3) is 0.643. The molecule has 2 atom stereocenters. The molecule has 0 aromatic carbocycles. The molecule has 3 N–H and O–H groups in total. The van der Waals surface area contributed by atoms with Crippen LogP contribution >= 0.6 is 11.3 Å². The molecule has 0 bridgehead atoms.